The number of aryl methyl sites for hydroxylation is 1. The van der Waals surface area contributed by atoms with Gasteiger partial charge in [0.2, 0.25) is 0 Å². The molecule has 31 heavy (non-hydrogen) atoms. The Labute approximate surface area is 180 Å². The molecule has 4 nitrogen and oxygen atoms in total. The maximum Gasteiger partial charge on any atom is 0.573 e. The third-order valence-electron chi connectivity index (χ3n) is 5.31. The van der Waals surface area contributed by atoms with Crippen molar-refractivity contribution < 1.29 is 27.0 Å². The zero-order valence-electron chi connectivity index (χ0n) is 17.4. The van der Waals surface area contributed by atoms with Crippen molar-refractivity contribution in [2.45, 2.75) is 25.6 Å². The molecule has 170 valence electrons. The summed E-state index contributed by atoms with van der Waals surface area (Å²) in [5.74, 6) is -0.227. The SMILES string of the molecule is Fc1ccccc1OCCN1CCN(CCCCc2ccc(OC(F)(F)F)cc2)CC1. The fraction of sp³-hybridized carbons (Fsp3) is 0.478. The zero-order chi connectivity index (χ0) is 22.1. The topological polar surface area (TPSA) is 24.9 Å². The van der Waals surface area contributed by atoms with Gasteiger partial charge in [-0.15, -0.1) is 13.2 Å². The summed E-state index contributed by atoms with van der Waals surface area (Å²) in [5, 5.41) is 0. The number of nitrogens with zero attached hydrogens (tertiary/aromatic N) is 2. The lowest BCUT2D eigenvalue weighted by molar-refractivity contribution is -0.274. The van der Waals surface area contributed by atoms with Crippen molar-refractivity contribution in [1.82, 2.24) is 9.80 Å². The molecule has 0 amide bonds. The van der Waals surface area contributed by atoms with Gasteiger partial charge in [0.05, 0.1) is 0 Å². The van der Waals surface area contributed by atoms with Crippen molar-refractivity contribution in [3.8, 4) is 11.5 Å². The normalized spacial score (nSPS) is 15.7. The molecule has 3 rings (SSSR count). The average Bonchev–Trinajstić information content (AvgIpc) is 2.74. The standard InChI is InChI=1S/C23H28F4N2O2/c24-21-6-1-2-7-22(21)30-18-17-29-15-13-28(14-16-29)12-4-3-5-19-8-10-20(11-9-19)31-23(25,26)27/h1-2,6-11H,3-5,12-18H2. The van der Waals surface area contributed by atoms with Crippen molar-refractivity contribution in [2.75, 3.05) is 45.9 Å². The summed E-state index contributed by atoms with van der Waals surface area (Å²) >= 11 is 0. The molecular formula is C23H28F4N2O2. The average molecular weight is 440 g/mol. The molecule has 0 spiro atoms. The molecule has 1 aliphatic rings. The molecule has 0 atom stereocenters. The van der Waals surface area contributed by atoms with Crippen LogP contribution < -0.4 is 9.47 Å². The summed E-state index contributed by atoms with van der Waals surface area (Å²) in [6.45, 7) is 6.15. The molecule has 0 saturated carbocycles. The van der Waals surface area contributed by atoms with Crippen LogP contribution in [-0.4, -0.2) is 62.0 Å². The maximum atomic E-state index is 13.5. The van der Waals surface area contributed by atoms with Gasteiger partial charge in [-0.25, -0.2) is 4.39 Å². The Morgan fingerprint density at radius 3 is 2.10 bits per heavy atom. The van der Waals surface area contributed by atoms with Crippen LogP contribution in [0.2, 0.25) is 0 Å². The Hall–Kier alpha value is -2.32. The Bertz CT molecular complexity index is 791. The van der Waals surface area contributed by atoms with Gasteiger partial charge in [0, 0.05) is 32.7 Å². The molecule has 2 aromatic rings. The number of hydrogen-bond donors (Lipinski definition) is 0. The first-order valence-corrected chi connectivity index (χ1v) is 10.6. The van der Waals surface area contributed by atoms with Crippen LogP contribution in [-0.2, 0) is 6.42 Å². The summed E-state index contributed by atoms with van der Waals surface area (Å²) in [5.41, 5.74) is 1.01. The minimum Gasteiger partial charge on any atom is -0.489 e. The highest BCUT2D eigenvalue weighted by Gasteiger charge is 2.30. The molecule has 0 bridgehead atoms. The van der Waals surface area contributed by atoms with Crippen LogP contribution in [0.5, 0.6) is 11.5 Å². The smallest absolute Gasteiger partial charge is 0.489 e. The highest BCUT2D eigenvalue weighted by molar-refractivity contribution is 5.27. The summed E-state index contributed by atoms with van der Waals surface area (Å²) < 4.78 is 59.5. The van der Waals surface area contributed by atoms with Gasteiger partial charge in [0.25, 0.3) is 0 Å². The van der Waals surface area contributed by atoms with Gasteiger partial charge in [-0.05, 0) is 55.6 Å². The van der Waals surface area contributed by atoms with Crippen molar-refractivity contribution >= 4 is 0 Å². The minimum atomic E-state index is -4.65. The second-order valence-electron chi connectivity index (χ2n) is 7.61. The van der Waals surface area contributed by atoms with Crippen molar-refractivity contribution in [2.24, 2.45) is 0 Å². The number of hydrogen-bond acceptors (Lipinski definition) is 4. The third-order valence-corrected chi connectivity index (χ3v) is 5.31. The van der Waals surface area contributed by atoms with Crippen molar-refractivity contribution in [3.05, 3.63) is 59.9 Å². The Morgan fingerprint density at radius 1 is 0.806 bits per heavy atom. The zero-order valence-corrected chi connectivity index (χ0v) is 17.4. The van der Waals surface area contributed by atoms with Gasteiger partial charge in [-0.1, -0.05) is 24.3 Å². The van der Waals surface area contributed by atoms with Gasteiger partial charge in [0.1, 0.15) is 12.4 Å². The van der Waals surface area contributed by atoms with Crippen LogP contribution in [0.4, 0.5) is 17.6 Å². The van der Waals surface area contributed by atoms with E-state index < -0.39 is 6.36 Å². The van der Waals surface area contributed by atoms with Crippen LogP contribution in [0.3, 0.4) is 0 Å². The molecular weight excluding hydrogens is 412 g/mol. The predicted octanol–water partition coefficient (Wildman–Crippen LogP) is 4.74. The van der Waals surface area contributed by atoms with E-state index in [1.54, 1.807) is 30.3 Å². The van der Waals surface area contributed by atoms with Crippen LogP contribution in [0.15, 0.2) is 48.5 Å². The molecule has 1 heterocycles. The summed E-state index contributed by atoms with van der Waals surface area (Å²) in [4.78, 5) is 4.75. The number of piperazine rings is 1. The lowest BCUT2D eigenvalue weighted by Crippen LogP contribution is -2.47. The van der Waals surface area contributed by atoms with Crippen LogP contribution in [0, 0.1) is 5.82 Å². The molecule has 0 aromatic heterocycles. The molecule has 1 aliphatic heterocycles. The Morgan fingerprint density at radius 2 is 1.45 bits per heavy atom. The van der Waals surface area contributed by atoms with Gasteiger partial charge >= 0.3 is 6.36 Å². The fourth-order valence-electron chi connectivity index (χ4n) is 3.61. The van der Waals surface area contributed by atoms with E-state index in [4.69, 9.17) is 4.74 Å². The number of rotatable bonds is 10. The number of unbranched alkanes of at least 4 members (excludes halogenated alkanes) is 1. The van der Waals surface area contributed by atoms with Gasteiger partial charge in [0.15, 0.2) is 11.6 Å². The molecule has 0 N–H and O–H groups in total. The van der Waals surface area contributed by atoms with Gasteiger partial charge in [-0.2, -0.15) is 0 Å². The maximum absolute atomic E-state index is 13.5. The Kier molecular flexibility index (Phi) is 8.54. The van der Waals surface area contributed by atoms with Crippen LogP contribution in [0.25, 0.3) is 0 Å². The monoisotopic (exact) mass is 440 g/mol. The van der Waals surface area contributed by atoms with Gasteiger partial charge < -0.3 is 14.4 Å². The number of para-hydroxylation sites is 1. The van der Waals surface area contributed by atoms with Crippen LogP contribution >= 0.6 is 0 Å². The quantitative estimate of drug-likeness (QED) is 0.394. The van der Waals surface area contributed by atoms with E-state index in [0.717, 1.165) is 64.1 Å². The van der Waals surface area contributed by atoms with E-state index in [0.29, 0.717) is 12.4 Å². The second-order valence-corrected chi connectivity index (χ2v) is 7.61. The molecule has 2 aromatic carbocycles. The van der Waals surface area contributed by atoms with E-state index in [-0.39, 0.29) is 11.6 Å². The largest absolute Gasteiger partial charge is 0.573 e. The summed E-state index contributed by atoms with van der Waals surface area (Å²) in [6.07, 6.45) is -1.80. The minimum absolute atomic E-state index is 0.187. The van der Waals surface area contributed by atoms with Crippen molar-refractivity contribution in [3.63, 3.8) is 0 Å². The van der Waals surface area contributed by atoms with E-state index >= 15 is 0 Å². The third kappa shape index (κ3) is 8.38. The second kappa shape index (κ2) is 11.3. The van der Waals surface area contributed by atoms with E-state index in [1.807, 2.05) is 0 Å². The van der Waals surface area contributed by atoms with E-state index in [1.165, 1.54) is 18.2 Å². The number of ether oxygens (including phenoxy) is 2. The predicted molar refractivity (Wildman–Crippen MR) is 111 cm³/mol. The lowest BCUT2D eigenvalue weighted by Gasteiger charge is -2.34. The molecule has 0 aliphatic carbocycles. The number of benzene rings is 2. The van der Waals surface area contributed by atoms with E-state index in [2.05, 4.69) is 14.5 Å². The van der Waals surface area contributed by atoms with Crippen LogP contribution in [0.1, 0.15) is 18.4 Å². The highest BCUT2D eigenvalue weighted by Crippen LogP contribution is 2.23. The highest BCUT2D eigenvalue weighted by atomic mass is 19.4. The Balaban J connectivity index is 1.25. The molecule has 0 radical (unpaired) electrons. The first-order chi connectivity index (χ1) is 14.9. The molecule has 1 saturated heterocycles. The summed E-state index contributed by atoms with van der Waals surface area (Å²) in [6, 6.07) is 12.5. The summed E-state index contributed by atoms with van der Waals surface area (Å²) in [7, 11) is 0. The first kappa shape index (κ1) is 23.3. The lowest BCUT2D eigenvalue weighted by atomic mass is 10.1. The van der Waals surface area contributed by atoms with Crippen molar-refractivity contribution in [1.29, 1.82) is 0 Å². The fourth-order valence-corrected chi connectivity index (χ4v) is 3.61. The number of halogens is 4. The molecule has 1 fully saturated rings. The molecule has 0 unspecified atom stereocenters. The molecule has 8 heteroatoms. The first-order valence-electron chi connectivity index (χ1n) is 10.6. The van der Waals surface area contributed by atoms with E-state index in [9.17, 15) is 17.6 Å². The number of alkyl halides is 3. The van der Waals surface area contributed by atoms with Gasteiger partial charge in [-0.3, -0.25) is 4.90 Å².